The van der Waals surface area contributed by atoms with Crippen molar-refractivity contribution in [2.75, 3.05) is 5.73 Å². The highest BCUT2D eigenvalue weighted by Gasteiger charge is 2.26. The predicted octanol–water partition coefficient (Wildman–Crippen LogP) is 2.84. The first-order chi connectivity index (χ1) is 8.82. The monoisotopic (exact) mass is 259 g/mol. The van der Waals surface area contributed by atoms with Gasteiger partial charge in [-0.2, -0.15) is 0 Å². The molecule has 102 valence electrons. The topological polar surface area (TPSA) is 69.6 Å². The van der Waals surface area contributed by atoms with Gasteiger partial charge in [-0.1, -0.05) is 32.9 Å². The second kappa shape index (κ2) is 4.64. The van der Waals surface area contributed by atoms with Crippen LogP contribution in [-0.4, -0.2) is 20.2 Å². The first kappa shape index (κ1) is 13.5. The van der Waals surface area contributed by atoms with Gasteiger partial charge in [0.15, 0.2) is 5.82 Å². The molecule has 0 radical (unpaired) electrons. The Bertz CT molecular complexity index is 580. The molecule has 1 heterocycles. The van der Waals surface area contributed by atoms with E-state index in [-0.39, 0.29) is 11.5 Å². The number of hydrogen-bond acceptors (Lipinski definition) is 4. The van der Waals surface area contributed by atoms with Crippen molar-refractivity contribution in [3.05, 3.63) is 23.8 Å². The Hall–Kier alpha value is -1.91. The number of aromatic nitrogens is 4. The molecule has 1 unspecified atom stereocenters. The molecule has 5 heteroatoms. The summed E-state index contributed by atoms with van der Waals surface area (Å²) in [6, 6.07) is 6.01. The number of nitrogens with zero attached hydrogens (tertiary/aromatic N) is 4. The van der Waals surface area contributed by atoms with Crippen LogP contribution in [0.4, 0.5) is 5.69 Å². The second-order valence-corrected chi connectivity index (χ2v) is 6.01. The quantitative estimate of drug-likeness (QED) is 0.842. The summed E-state index contributed by atoms with van der Waals surface area (Å²) in [6.07, 6.45) is 0. The molecule has 2 rings (SSSR count). The Morgan fingerprint density at radius 2 is 1.95 bits per heavy atom. The van der Waals surface area contributed by atoms with E-state index in [1.165, 1.54) is 0 Å². The molecule has 2 aromatic rings. The maximum atomic E-state index is 5.96. The minimum atomic E-state index is 0.0817. The predicted molar refractivity (Wildman–Crippen MR) is 76.6 cm³/mol. The van der Waals surface area contributed by atoms with Gasteiger partial charge >= 0.3 is 0 Å². The number of rotatable bonds is 2. The van der Waals surface area contributed by atoms with Crippen molar-refractivity contribution in [3.63, 3.8) is 0 Å². The Morgan fingerprint density at radius 1 is 1.26 bits per heavy atom. The van der Waals surface area contributed by atoms with Crippen molar-refractivity contribution in [2.45, 2.75) is 40.7 Å². The average Bonchev–Trinajstić information content (AvgIpc) is 2.79. The summed E-state index contributed by atoms with van der Waals surface area (Å²) in [5.41, 5.74) is 8.80. The van der Waals surface area contributed by atoms with Crippen LogP contribution in [0.2, 0.25) is 0 Å². The van der Waals surface area contributed by atoms with Gasteiger partial charge < -0.3 is 5.73 Å². The smallest absolute Gasteiger partial charge is 0.182 e. The van der Waals surface area contributed by atoms with Gasteiger partial charge in [-0.15, -0.1) is 5.10 Å². The van der Waals surface area contributed by atoms with Crippen LogP contribution in [0, 0.1) is 12.3 Å². The number of nitrogens with two attached hydrogens (primary N) is 1. The van der Waals surface area contributed by atoms with E-state index in [9.17, 15) is 0 Å². The maximum Gasteiger partial charge on any atom is 0.182 e. The SMILES string of the molecule is Cc1c(N)cccc1-c1nnnn1C(C)C(C)(C)C. The summed E-state index contributed by atoms with van der Waals surface area (Å²) in [4.78, 5) is 0. The molecule has 1 atom stereocenters. The van der Waals surface area contributed by atoms with Crippen LogP contribution in [0.3, 0.4) is 0 Å². The first-order valence-corrected chi connectivity index (χ1v) is 6.45. The number of hydrogen-bond donors (Lipinski definition) is 1. The van der Waals surface area contributed by atoms with Crippen LogP contribution in [-0.2, 0) is 0 Å². The molecular weight excluding hydrogens is 238 g/mol. The van der Waals surface area contributed by atoms with E-state index in [2.05, 4.69) is 43.2 Å². The summed E-state index contributed by atoms with van der Waals surface area (Å²) >= 11 is 0. The Morgan fingerprint density at radius 3 is 2.58 bits per heavy atom. The minimum Gasteiger partial charge on any atom is -0.398 e. The van der Waals surface area contributed by atoms with Crippen molar-refractivity contribution >= 4 is 5.69 Å². The summed E-state index contributed by atoms with van der Waals surface area (Å²) in [6.45, 7) is 10.6. The first-order valence-electron chi connectivity index (χ1n) is 6.45. The zero-order valence-corrected chi connectivity index (χ0v) is 12.2. The summed E-state index contributed by atoms with van der Waals surface area (Å²) in [7, 11) is 0. The van der Waals surface area contributed by atoms with E-state index in [4.69, 9.17) is 5.73 Å². The van der Waals surface area contributed by atoms with Gasteiger partial charge in [0.2, 0.25) is 0 Å². The Balaban J connectivity index is 2.54. The van der Waals surface area contributed by atoms with Gasteiger partial charge in [0.1, 0.15) is 0 Å². The van der Waals surface area contributed by atoms with Crippen LogP contribution in [0.25, 0.3) is 11.4 Å². The second-order valence-electron chi connectivity index (χ2n) is 6.01. The van der Waals surface area contributed by atoms with Crippen LogP contribution >= 0.6 is 0 Å². The third-order valence-electron chi connectivity index (χ3n) is 3.73. The lowest BCUT2D eigenvalue weighted by Gasteiger charge is -2.27. The fraction of sp³-hybridized carbons (Fsp3) is 0.500. The van der Waals surface area contributed by atoms with Gasteiger partial charge in [-0.05, 0) is 41.3 Å². The fourth-order valence-electron chi connectivity index (χ4n) is 1.89. The molecule has 0 saturated heterocycles. The van der Waals surface area contributed by atoms with Crippen molar-refractivity contribution in [1.82, 2.24) is 20.2 Å². The van der Waals surface area contributed by atoms with Gasteiger partial charge in [0.05, 0.1) is 6.04 Å². The summed E-state index contributed by atoms with van der Waals surface area (Å²) < 4.78 is 1.88. The molecule has 2 N–H and O–H groups in total. The molecule has 0 spiro atoms. The highest BCUT2D eigenvalue weighted by molar-refractivity contribution is 5.67. The lowest BCUT2D eigenvalue weighted by molar-refractivity contribution is 0.243. The number of nitrogen functional groups attached to an aromatic ring is 1. The van der Waals surface area contributed by atoms with Crippen molar-refractivity contribution in [2.24, 2.45) is 5.41 Å². The standard InChI is InChI=1S/C14H21N5/c1-9-11(7-6-8-12(9)15)13-16-17-18-19(13)10(2)14(3,4)5/h6-8,10H,15H2,1-5H3. The largest absolute Gasteiger partial charge is 0.398 e. The molecule has 0 aliphatic heterocycles. The third kappa shape index (κ3) is 2.45. The lowest BCUT2D eigenvalue weighted by Crippen LogP contribution is -2.23. The third-order valence-corrected chi connectivity index (χ3v) is 3.73. The molecule has 0 fully saturated rings. The van der Waals surface area contributed by atoms with Crippen LogP contribution in [0.15, 0.2) is 18.2 Å². The van der Waals surface area contributed by atoms with Crippen LogP contribution in [0.5, 0.6) is 0 Å². The minimum absolute atomic E-state index is 0.0817. The molecule has 0 aliphatic carbocycles. The molecule has 0 bridgehead atoms. The molecule has 0 amide bonds. The average molecular weight is 259 g/mol. The molecule has 0 aliphatic rings. The van der Waals surface area contributed by atoms with Crippen molar-refractivity contribution in [3.8, 4) is 11.4 Å². The van der Waals surface area contributed by atoms with E-state index in [1.807, 2.05) is 29.8 Å². The van der Waals surface area contributed by atoms with Gasteiger partial charge in [-0.3, -0.25) is 0 Å². The van der Waals surface area contributed by atoms with Crippen LogP contribution in [0.1, 0.15) is 39.3 Å². The van der Waals surface area contributed by atoms with Gasteiger partial charge in [-0.25, -0.2) is 4.68 Å². The van der Waals surface area contributed by atoms with E-state index >= 15 is 0 Å². The molecule has 5 nitrogen and oxygen atoms in total. The van der Waals surface area contributed by atoms with E-state index in [0.717, 1.165) is 22.6 Å². The number of anilines is 1. The van der Waals surface area contributed by atoms with Crippen LogP contribution < -0.4 is 5.73 Å². The molecule has 1 aromatic carbocycles. The normalized spacial score (nSPS) is 13.5. The summed E-state index contributed by atoms with van der Waals surface area (Å²) in [5, 5.41) is 12.1. The van der Waals surface area contributed by atoms with Gasteiger partial charge in [0, 0.05) is 11.3 Å². The van der Waals surface area contributed by atoms with Crippen molar-refractivity contribution < 1.29 is 0 Å². The molecule has 0 saturated carbocycles. The zero-order valence-electron chi connectivity index (χ0n) is 12.2. The zero-order chi connectivity index (χ0) is 14.2. The number of tetrazole rings is 1. The maximum absolute atomic E-state index is 5.96. The fourth-order valence-corrected chi connectivity index (χ4v) is 1.89. The lowest BCUT2D eigenvalue weighted by atomic mass is 9.88. The highest BCUT2D eigenvalue weighted by atomic mass is 15.5. The molecular formula is C14H21N5. The number of benzene rings is 1. The Kier molecular flexibility index (Phi) is 3.30. The summed E-state index contributed by atoms with van der Waals surface area (Å²) in [5.74, 6) is 0.771. The Labute approximate surface area is 113 Å². The molecule has 1 aromatic heterocycles. The van der Waals surface area contributed by atoms with E-state index in [0.29, 0.717) is 0 Å². The van der Waals surface area contributed by atoms with E-state index in [1.54, 1.807) is 0 Å². The van der Waals surface area contributed by atoms with Crippen molar-refractivity contribution in [1.29, 1.82) is 0 Å². The van der Waals surface area contributed by atoms with Gasteiger partial charge in [0.25, 0.3) is 0 Å². The molecule has 19 heavy (non-hydrogen) atoms. The van der Waals surface area contributed by atoms with E-state index < -0.39 is 0 Å². The highest BCUT2D eigenvalue weighted by Crippen LogP contribution is 2.33.